The Morgan fingerprint density at radius 2 is 2.29 bits per heavy atom. The van der Waals surface area contributed by atoms with Gasteiger partial charge < -0.3 is 10.6 Å². The van der Waals surface area contributed by atoms with Crippen LogP contribution in [0.15, 0.2) is 22.5 Å². The van der Waals surface area contributed by atoms with Crippen molar-refractivity contribution in [3.8, 4) is 0 Å². The molecule has 128 valence electrons. The van der Waals surface area contributed by atoms with Gasteiger partial charge >= 0.3 is 0 Å². The van der Waals surface area contributed by atoms with Crippen LogP contribution in [0.1, 0.15) is 32.1 Å². The average Bonchev–Trinajstić information content (AvgIpc) is 3.03. The molecular weight excluding hydrogens is 348 g/mol. The quantitative estimate of drug-likeness (QED) is 0.736. The number of nitrogens with two attached hydrogens (primary N) is 1. The second-order valence-corrected chi connectivity index (χ2v) is 8.04. The van der Waals surface area contributed by atoms with Crippen LogP contribution >= 0.6 is 11.3 Å². The number of sulfonamides is 1. The lowest BCUT2D eigenvalue weighted by Gasteiger charge is -2.21. The van der Waals surface area contributed by atoms with Gasteiger partial charge in [-0.2, -0.15) is 0 Å². The van der Waals surface area contributed by atoms with E-state index in [1.54, 1.807) is 0 Å². The lowest BCUT2D eigenvalue weighted by atomic mass is 9.96. The molecule has 0 saturated heterocycles. The summed E-state index contributed by atoms with van der Waals surface area (Å²) in [6.45, 7) is 3.87. The van der Waals surface area contributed by atoms with Crippen LogP contribution in [0.2, 0.25) is 0 Å². The first-order chi connectivity index (χ1) is 11.4. The Labute approximate surface area is 144 Å². The summed E-state index contributed by atoms with van der Waals surface area (Å²) in [6, 6.07) is 1.35. The van der Waals surface area contributed by atoms with Crippen molar-refractivity contribution in [3.63, 3.8) is 0 Å². The van der Waals surface area contributed by atoms with E-state index < -0.39 is 15.9 Å². The fraction of sp³-hybridized carbons (Fsp3) is 0.333. The summed E-state index contributed by atoms with van der Waals surface area (Å²) in [5, 5.41) is 12.8. The molecular formula is C15H18N4O3S2. The number of hydrogen-bond donors (Lipinski definition) is 3. The minimum atomic E-state index is -3.91. The first-order valence-electron chi connectivity index (χ1n) is 7.43. The fourth-order valence-corrected chi connectivity index (χ4v) is 4.71. The van der Waals surface area contributed by atoms with Crippen LogP contribution in [-0.2, 0) is 29.5 Å². The van der Waals surface area contributed by atoms with Gasteiger partial charge in [0.15, 0.2) is 0 Å². The molecule has 9 heteroatoms. The molecule has 0 aliphatic carbocycles. The molecule has 2 aromatic heterocycles. The number of carbonyl (C=O) groups is 1. The van der Waals surface area contributed by atoms with E-state index in [0.29, 0.717) is 6.54 Å². The third kappa shape index (κ3) is 3.34. The third-order valence-electron chi connectivity index (χ3n) is 4.04. The Balaban J connectivity index is 1.82. The summed E-state index contributed by atoms with van der Waals surface area (Å²) in [6.07, 6.45) is 2.74. The van der Waals surface area contributed by atoms with E-state index in [1.807, 2.05) is 13.1 Å². The van der Waals surface area contributed by atoms with E-state index in [1.165, 1.54) is 17.0 Å². The summed E-state index contributed by atoms with van der Waals surface area (Å²) in [5.74, 6) is -0.444. The number of thiophene rings is 1. The number of aryl methyl sites for hydroxylation is 1. The molecule has 0 saturated carbocycles. The number of carbonyl (C=O) groups excluding carboxylic acids is 1. The number of rotatable bonds is 4. The van der Waals surface area contributed by atoms with Crippen molar-refractivity contribution in [2.45, 2.75) is 31.3 Å². The molecule has 1 aliphatic heterocycles. The van der Waals surface area contributed by atoms with Crippen molar-refractivity contribution >= 4 is 27.3 Å². The topological polar surface area (TPSA) is 114 Å². The molecule has 4 N–H and O–H groups in total. The summed E-state index contributed by atoms with van der Waals surface area (Å²) >= 11 is 1.06. The van der Waals surface area contributed by atoms with Gasteiger partial charge in [-0.1, -0.05) is 0 Å². The van der Waals surface area contributed by atoms with E-state index in [9.17, 15) is 13.2 Å². The zero-order valence-electron chi connectivity index (χ0n) is 13.1. The first kappa shape index (κ1) is 17.0. The van der Waals surface area contributed by atoms with Crippen LogP contribution in [0, 0.1) is 6.92 Å². The summed E-state index contributed by atoms with van der Waals surface area (Å²) in [4.78, 5) is 16.7. The van der Waals surface area contributed by atoms with Crippen molar-refractivity contribution < 1.29 is 13.2 Å². The van der Waals surface area contributed by atoms with Gasteiger partial charge in [0.2, 0.25) is 10.0 Å². The van der Waals surface area contributed by atoms with Gasteiger partial charge in [-0.3, -0.25) is 9.78 Å². The zero-order valence-corrected chi connectivity index (χ0v) is 14.8. The zero-order chi connectivity index (χ0) is 17.3. The molecule has 1 amide bonds. The van der Waals surface area contributed by atoms with Gasteiger partial charge in [0.25, 0.3) is 5.91 Å². The van der Waals surface area contributed by atoms with Crippen molar-refractivity contribution in [1.82, 2.24) is 15.6 Å². The number of nitrogens with zero attached hydrogens (tertiary/aromatic N) is 1. The normalized spacial score (nSPS) is 14.2. The number of aromatic nitrogens is 1. The highest BCUT2D eigenvalue weighted by atomic mass is 32.2. The van der Waals surface area contributed by atoms with Gasteiger partial charge in [-0.05, 0) is 48.0 Å². The van der Waals surface area contributed by atoms with Crippen molar-refractivity contribution in [3.05, 3.63) is 44.9 Å². The van der Waals surface area contributed by atoms with E-state index in [2.05, 4.69) is 15.6 Å². The first-order valence-corrected chi connectivity index (χ1v) is 9.86. The number of fused-ring (bicyclic) bond motifs is 1. The maximum absolute atomic E-state index is 12.4. The smallest absolute Gasteiger partial charge is 0.263 e. The predicted octanol–water partition coefficient (Wildman–Crippen LogP) is 0.675. The number of nitrogens with one attached hydrogen (secondary N) is 2. The second kappa shape index (κ2) is 6.60. The van der Waals surface area contributed by atoms with Gasteiger partial charge in [-0.25, -0.2) is 13.6 Å². The van der Waals surface area contributed by atoms with Crippen molar-refractivity contribution in [2.75, 3.05) is 6.54 Å². The van der Waals surface area contributed by atoms with E-state index >= 15 is 0 Å². The van der Waals surface area contributed by atoms with Crippen LogP contribution in [-0.4, -0.2) is 25.9 Å². The lowest BCUT2D eigenvalue weighted by Crippen LogP contribution is -2.29. The molecule has 0 radical (unpaired) electrons. The Kier molecular flexibility index (Phi) is 4.68. The molecule has 3 heterocycles. The summed E-state index contributed by atoms with van der Waals surface area (Å²) in [7, 11) is -3.91. The Morgan fingerprint density at radius 3 is 3.04 bits per heavy atom. The molecule has 0 atom stereocenters. The number of amides is 1. The standard InChI is InChI=1S/C15H18N4O3S2/c1-9-12(11-2-4-17-6-10(11)7-18-9)8-19-15(20)14-13(3-5-23-14)24(16,21)22/h3,5,7,17H,2,4,6,8H2,1H3,(H,19,20)(H2,16,21,22). The highest BCUT2D eigenvalue weighted by Gasteiger charge is 2.22. The Hall–Kier alpha value is -1.81. The largest absolute Gasteiger partial charge is 0.347 e. The maximum atomic E-state index is 12.4. The molecule has 24 heavy (non-hydrogen) atoms. The molecule has 0 fully saturated rings. The average molecular weight is 366 g/mol. The minimum absolute atomic E-state index is 0.106. The van der Waals surface area contributed by atoms with Crippen LogP contribution in [0.3, 0.4) is 0 Å². The van der Waals surface area contributed by atoms with Gasteiger partial charge in [0, 0.05) is 25.0 Å². The molecule has 3 rings (SSSR count). The maximum Gasteiger partial charge on any atom is 0.263 e. The van der Waals surface area contributed by atoms with Crippen molar-refractivity contribution in [2.24, 2.45) is 5.14 Å². The van der Waals surface area contributed by atoms with Gasteiger partial charge in [0.05, 0.1) is 0 Å². The number of hydrogen-bond acceptors (Lipinski definition) is 6. The van der Waals surface area contributed by atoms with Crippen LogP contribution < -0.4 is 15.8 Å². The number of primary sulfonamides is 1. The molecule has 0 bridgehead atoms. The van der Waals surface area contributed by atoms with Gasteiger partial charge in [-0.15, -0.1) is 11.3 Å². The highest BCUT2D eigenvalue weighted by molar-refractivity contribution is 7.89. The molecule has 0 aromatic carbocycles. The Bertz CT molecular complexity index is 890. The third-order valence-corrected chi connectivity index (χ3v) is 6.03. The molecule has 1 aliphatic rings. The van der Waals surface area contributed by atoms with E-state index in [0.717, 1.165) is 47.7 Å². The molecule has 0 spiro atoms. The van der Waals surface area contributed by atoms with Crippen molar-refractivity contribution in [1.29, 1.82) is 0 Å². The minimum Gasteiger partial charge on any atom is -0.347 e. The fourth-order valence-electron chi connectivity index (χ4n) is 2.81. The molecule has 2 aromatic rings. The molecule has 0 unspecified atom stereocenters. The lowest BCUT2D eigenvalue weighted by molar-refractivity contribution is 0.0952. The van der Waals surface area contributed by atoms with Crippen LogP contribution in [0.25, 0.3) is 0 Å². The van der Waals surface area contributed by atoms with Gasteiger partial charge in [0.1, 0.15) is 9.77 Å². The monoisotopic (exact) mass is 366 g/mol. The highest BCUT2D eigenvalue weighted by Crippen LogP contribution is 2.22. The van der Waals surface area contributed by atoms with E-state index in [4.69, 9.17) is 5.14 Å². The Morgan fingerprint density at radius 1 is 1.50 bits per heavy atom. The summed E-state index contributed by atoms with van der Waals surface area (Å²) in [5.41, 5.74) is 4.21. The second-order valence-electron chi connectivity index (χ2n) is 5.59. The van der Waals surface area contributed by atoms with Crippen LogP contribution in [0.4, 0.5) is 0 Å². The SMILES string of the molecule is Cc1ncc2c(c1CNC(=O)c1sccc1S(N)(=O)=O)CCNC2. The summed E-state index contributed by atoms with van der Waals surface area (Å²) < 4.78 is 23.1. The molecule has 7 nitrogen and oxygen atoms in total. The predicted molar refractivity (Wildman–Crippen MR) is 91.2 cm³/mol. The van der Waals surface area contributed by atoms with E-state index in [-0.39, 0.29) is 9.77 Å². The number of pyridine rings is 1. The van der Waals surface area contributed by atoms with Crippen LogP contribution in [0.5, 0.6) is 0 Å².